The van der Waals surface area contributed by atoms with Gasteiger partial charge < -0.3 is 5.32 Å². The summed E-state index contributed by atoms with van der Waals surface area (Å²) >= 11 is 0. The molecule has 6 nitrogen and oxygen atoms in total. The normalized spacial score (nSPS) is 12.1. The molecule has 0 radical (unpaired) electrons. The fraction of sp³-hybridized carbons (Fsp3) is 0.353. The highest BCUT2D eigenvalue weighted by molar-refractivity contribution is 5.80. The Morgan fingerprint density at radius 3 is 2.35 bits per heavy atom. The summed E-state index contributed by atoms with van der Waals surface area (Å²) < 4.78 is 2.60. The molecule has 0 spiro atoms. The van der Waals surface area contributed by atoms with Crippen molar-refractivity contribution in [3.63, 3.8) is 0 Å². The summed E-state index contributed by atoms with van der Waals surface area (Å²) in [7, 11) is 0. The molecule has 0 aliphatic rings. The molecule has 1 atom stereocenters. The summed E-state index contributed by atoms with van der Waals surface area (Å²) in [6.45, 7) is 7.54. The van der Waals surface area contributed by atoms with Gasteiger partial charge in [0, 0.05) is 12.6 Å². The Labute approximate surface area is 134 Å². The van der Waals surface area contributed by atoms with Gasteiger partial charge in [0.25, 0.3) is 0 Å². The van der Waals surface area contributed by atoms with E-state index in [9.17, 15) is 14.4 Å². The van der Waals surface area contributed by atoms with Gasteiger partial charge in [-0.1, -0.05) is 25.1 Å². The minimum absolute atomic E-state index is 0.0191. The minimum atomic E-state index is -0.704. The number of fused-ring (bicyclic) bond motifs is 1. The number of rotatable bonds is 6. The second-order valence-electron chi connectivity index (χ2n) is 5.46. The van der Waals surface area contributed by atoms with Crippen molar-refractivity contribution < 1.29 is 4.79 Å². The first-order valence-electron chi connectivity index (χ1n) is 7.62. The molecule has 0 fully saturated rings. The van der Waals surface area contributed by atoms with Crippen molar-refractivity contribution in [1.29, 1.82) is 0 Å². The fourth-order valence-electron chi connectivity index (χ4n) is 2.40. The maximum atomic E-state index is 12.4. The molecular formula is C17H21N3O3. The number of aromatic nitrogens is 2. The van der Waals surface area contributed by atoms with E-state index in [2.05, 4.69) is 11.9 Å². The number of allylic oxidation sites excluding steroid dienone is 1. The van der Waals surface area contributed by atoms with Crippen LogP contribution in [0.25, 0.3) is 11.0 Å². The third kappa shape index (κ3) is 3.41. The molecule has 0 bridgehead atoms. The summed E-state index contributed by atoms with van der Waals surface area (Å²) in [6, 6.07) is 7.06. The predicted molar refractivity (Wildman–Crippen MR) is 90.6 cm³/mol. The van der Waals surface area contributed by atoms with Crippen molar-refractivity contribution in [3.8, 4) is 0 Å². The zero-order valence-corrected chi connectivity index (χ0v) is 13.4. The highest BCUT2D eigenvalue weighted by atomic mass is 16.2. The smallest absolute Gasteiger partial charge is 0.317 e. The van der Waals surface area contributed by atoms with Crippen molar-refractivity contribution in [2.24, 2.45) is 0 Å². The number of benzene rings is 1. The van der Waals surface area contributed by atoms with Crippen LogP contribution in [0, 0.1) is 0 Å². The Hall–Kier alpha value is -2.63. The van der Waals surface area contributed by atoms with Crippen LogP contribution >= 0.6 is 0 Å². The number of amides is 1. The number of carbonyl (C=O) groups excluding carboxylic acids is 1. The number of nitrogens with one attached hydrogen (secondary N) is 1. The van der Waals surface area contributed by atoms with Gasteiger partial charge in [-0.15, -0.1) is 6.58 Å². The Bertz CT molecular complexity index is 848. The fourth-order valence-corrected chi connectivity index (χ4v) is 2.40. The van der Waals surface area contributed by atoms with Crippen molar-refractivity contribution in [3.05, 3.63) is 57.6 Å². The number of hydrogen-bond donors (Lipinski definition) is 1. The van der Waals surface area contributed by atoms with Crippen molar-refractivity contribution in [1.82, 2.24) is 14.5 Å². The van der Waals surface area contributed by atoms with Crippen LogP contribution in [0.4, 0.5) is 0 Å². The molecule has 23 heavy (non-hydrogen) atoms. The first kappa shape index (κ1) is 16.7. The van der Waals surface area contributed by atoms with E-state index in [4.69, 9.17) is 0 Å². The van der Waals surface area contributed by atoms with Gasteiger partial charge in [-0.3, -0.25) is 23.5 Å². The average Bonchev–Trinajstić information content (AvgIpc) is 2.55. The Morgan fingerprint density at radius 1 is 1.22 bits per heavy atom. The third-order valence-corrected chi connectivity index (χ3v) is 3.77. The van der Waals surface area contributed by atoms with Crippen LogP contribution in [-0.4, -0.2) is 21.1 Å². The molecule has 1 heterocycles. The van der Waals surface area contributed by atoms with Crippen LogP contribution in [0.5, 0.6) is 0 Å². The minimum Gasteiger partial charge on any atom is -0.352 e. The first-order chi connectivity index (χ1) is 11.0. The van der Waals surface area contributed by atoms with E-state index < -0.39 is 11.1 Å². The molecule has 1 amide bonds. The van der Waals surface area contributed by atoms with Gasteiger partial charge in [-0.2, -0.15) is 0 Å². The van der Waals surface area contributed by atoms with Crippen molar-refractivity contribution >= 4 is 16.9 Å². The van der Waals surface area contributed by atoms with Gasteiger partial charge in [-0.05, 0) is 25.5 Å². The van der Waals surface area contributed by atoms with E-state index in [1.165, 1.54) is 9.13 Å². The van der Waals surface area contributed by atoms with Crippen molar-refractivity contribution in [2.75, 3.05) is 0 Å². The molecule has 6 heteroatoms. The number of carbonyl (C=O) groups is 1. The van der Waals surface area contributed by atoms with E-state index >= 15 is 0 Å². The van der Waals surface area contributed by atoms with E-state index in [1.807, 2.05) is 13.8 Å². The van der Waals surface area contributed by atoms with E-state index in [1.54, 1.807) is 30.3 Å². The summed E-state index contributed by atoms with van der Waals surface area (Å²) in [6.07, 6.45) is 2.36. The monoisotopic (exact) mass is 315 g/mol. The molecule has 0 aliphatic heterocycles. The second-order valence-corrected chi connectivity index (χ2v) is 5.46. The molecule has 2 aromatic rings. The van der Waals surface area contributed by atoms with E-state index in [0.29, 0.717) is 11.0 Å². The molecule has 122 valence electrons. The second kappa shape index (κ2) is 7.09. The standard InChI is InChI=1S/C17H21N3O3/c1-4-10-19-13-8-6-7-9-14(13)20(17(23)16(19)22)11-15(21)18-12(3)5-2/h4,6-9,12H,1,5,10-11H2,2-3H3,(H,18,21). The lowest BCUT2D eigenvalue weighted by atomic mass is 10.2. The van der Waals surface area contributed by atoms with Crippen LogP contribution in [0.2, 0.25) is 0 Å². The molecule has 1 aromatic heterocycles. The van der Waals surface area contributed by atoms with E-state index in [0.717, 1.165) is 6.42 Å². The third-order valence-electron chi connectivity index (χ3n) is 3.77. The predicted octanol–water partition coefficient (Wildman–Crippen LogP) is 1.26. The molecular weight excluding hydrogens is 294 g/mol. The topological polar surface area (TPSA) is 73.1 Å². The summed E-state index contributed by atoms with van der Waals surface area (Å²) in [5.41, 5.74) is -0.198. The molecule has 2 rings (SSSR count). The van der Waals surface area contributed by atoms with Gasteiger partial charge in [0.05, 0.1) is 11.0 Å². The van der Waals surface area contributed by atoms with Gasteiger partial charge in [0.1, 0.15) is 6.54 Å². The zero-order chi connectivity index (χ0) is 17.0. The van der Waals surface area contributed by atoms with Gasteiger partial charge in [-0.25, -0.2) is 0 Å². The number of hydrogen-bond acceptors (Lipinski definition) is 3. The quantitative estimate of drug-likeness (QED) is 0.644. The molecule has 1 unspecified atom stereocenters. The number of para-hydroxylation sites is 2. The van der Waals surface area contributed by atoms with Crippen LogP contribution in [0.3, 0.4) is 0 Å². The Morgan fingerprint density at radius 2 is 1.78 bits per heavy atom. The van der Waals surface area contributed by atoms with Crippen LogP contribution in [0.15, 0.2) is 46.5 Å². The molecule has 1 N–H and O–H groups in total. The summed E-state index contributed by atoms with van der Waals surface area (Å²) in [5, 5.41) is 2.81. The Balaban J connectivity index is 2.57. The van der Waals surface area contributed by atoms with Gasteiger partial charge in [0.15, 0.2) is 0 Å². The van der Waals surface area contributed by atoms with Gasteiger partial charge >= 0.3 is 11.1 Å². The zero-order valence-electron chi connectivity index (χ0n) is 13.4. The lowest BCUT2D eigenvalue weighted by Crippen LogP contribution is -2.44. The SMILES string of the molecule is C=CCn1c(=O)c(=O)n(CC(=O)NC(C)CC)c2ccccc21. The maximum absolute atomic E-state index is 12.4. The lowest BCUT2D eigenvalue weighted by Gasteiger charge is -2.15. The Kier molecular flexibility index (Phi) is 5.16. The van der Waals surface area contributed by atoms with Crippen LogP contribution in [-0.2, 0) is 17.9 Å². The lowest BCUT2D eigenvalue weighted by molar-refractivity contribution is -0.122. The highest BCUT2D eigenvalue weighted by Gasteiger charge is 2.15. The highest BCUT2D eigenvalue weighted by Crippen LogP contribution is 2.10. The van der Waals surface area contributed by atoms with E-state index in [-0.39, 0.29) is 25.0 Å². The van der Waals surface area contributed by atoms with Gasteiger partial charge in [0.2, 0.25) is 5.91 Å². The van der Waals surface area contributed by atoms with Crippen LogP contribution in [0.1, 0.15) is 20.3 Å². The van der Waals surface area contributed by atoms with Crippen LogP contribution < -0.4 is 16.4 Å². The van der Waals surface area contributed by atoms with Crippen molar-refractivity contribution in [2.45, 2.75) is 39.4 Å². The average molecular weight is 315 g/mol. The number of nitrogens with zero attached hydrogens (tertiary/aromatic N) is 2. The summed E-state index contributed by atoms with van der Waals surface area (Å²) in [5.74, 6) is -0.285. The summed E-state index contributed by atoms with van der Waals surface area (Å²) in [4.78, 5) is 36.8. The maximum Gasteiger partial charge on any atom is 0.317 e. The first-order valence-corrected chi connectivity index (χ1v) is 7.62. The molecule has 1 aromatic carbocycles. The molecule has 0 saturated carbocycles. The molecule has 0 saturated heterocycles. The molecule has 0 aliphatic carbocycles. The largest absolute Gasteiger partial charge is 0.352 e.